The molecule has 0 N–H and O–H groups in total. The quantitative estimate of drug-likeness (QED) is 0.808. The molecule has 18 heavy (non-hydrogen) atoms. The number of hydrogen-bond acceptors (Lipinski definition) is 3. The van der Waals surface area contributed by atoms with E-state index in [2.05, 4.69) is 0 Å². The van der Waals surface area contributed by atoms with Crippen LogP contribution in [-0.4, -0.2) is 26.9 Å². The first-order chi connectivity index (χ1) is 8.33. The predicted molar refractivity (Wildman–Crippen MR) is 74.7 cm³/mol. The Labute approximate surface area is 114 Å². The lowest BCUT2D eigenvalue weighted by Crippen LogP contribution is -2.19. The minimum Gasteiger partial charge on any atom is -0.378 e. The van der Waals surface area contributed by atoms with Crippen LogP contribution >= 0.6 is 11.6 Å². The maximum absolute atomic E-state index is 12.1. The Morgan fingerprint density at radius 3 is 2.22 bits per heavy atom. The summed E-state index contributed by atoms with van der Waals surface area (Å²) in [5.41, 5.74) is 0.754. The topological polar surface area (TPSA) is 43.4 Å². The summed E-state index contributed by atoms with van der Waals surface area (Å²) in [6.07, 6.45) is 0.0473. The lowest BCUT2D eigenvalue weighted by molar-refractivity contribution is 0.0912. The highest BCUT2D eigenvalue weighted by molar-refractivity contribution is 7.91. The molecule has 0 spiro atoms. The third-order valence-electron chi connectivity index (χ3n) is 2.70. The summed E-state index contributed by atoms with van der Waals surface area (Å²) in [4.78, 5) is 0. The van der Waals surface area contributed by atoms with Gasteiger partial charge in [0.25, 0.3) is 0 Å². The van der Waals surface area contributed by atoms with Gasteiger partial charge in [-0.05, 0) is 38.5 Å². The molecule has 0 aliphatic carbocycles. The number of rotatable bonds is 6. The molecule has 0 aliphatic heterocycles. The van der Waals surface area contributed by atoms with Crippen molar-refractivity contribution in [3.8, 4) is 0 Å². The van der Waals surface area contributed by atoms with E-state index >= 15 is 0 Å². The fraction of sp³-hybridized carbons (Fsp3) is 0.538. The molecule has 0 radical (unpaired) electrons. The van der Waals surface area contributed by atoms with Crippen molar-refractivity contribution in [1.29, 1.82) is 0 Å². The normalized spacial score (nSPS) is 13.8. The third-order valence-corrected chi connectivity index (χ3v) is 5.03. The Kier molecular flexibility index (Phi) is 5.63. The van der Waals surface area contributed by atoms with Crippen molar-refractivity contribution in [2.45, 2.75) is 32.1 Å². The Balaban J connectivity index is 2.69. The van der Waals surface area contributed by atoms with E-state index in [0.29, 0.717) is 5.02 Å². The number of benzene rings is 1. The first-order valence-corrected chi connectivity index (χ1v) is 8.01. The molecule has 5 heteroatoms. The van der Waals surface area contributed by atoms with Crippen LogP contribution in [0.5, 0.6) is 0 Å². The second-order valence-electron chi connectivity index (χ2n) is 4.48. The van der Waals surface area contributed by atoms with Crippen molar-refractivity contribution in [2.75, 3.05) is 12.4 Å². The average Bonchev–Trinajstić information content (AvgIpc) is 2.28. The molecule has 0 aromatic heterocycles. The minimum absolute atomic E-state index is 0.0367. The summed E-state index contributed by atoms with van der Waals surface area (Å²) in [7, 11) is -3.19. The molecule has 0 aliphatic rings. The standard InChI is InChI=1S/C13H19ClO3S/c1-10(2)17-8-9-18(15,16)11(3)12-4-6-13(14)7-5-12/h4-7,10-11H,8-9H2,1-3H3. The SMILES string of the molecule is CC(C)OCCS(=O)(=O)C(C)c1ccc(Cl)cc1. The largest absolute Gasteiger partial charge is 0.378 e. The molecule has 3 nitrogen and oxygen atoms in total. The predicted octanol–water partition coefficient (Wildman–Crippen LogP) is 3.24. The molecule has 0 heterocycles. The van der Waals surface area contributed by atoms with Gasteiger partial charge in [0.05, 0.1) is 23.7 Å². The van der Waals surface area contributed by atoms with E-state index in [1.807, 2.05) is 13.8 Å². The van der Waals surface area contributed by atoms with E-state index in [1.54, 1.807) is 31.2 Å². The average molecular weight is 291 g/mol. The lowest BCUT2D eigenvalue weighted by atomic mass is 10.2. The van der Waals surface area contributed by atoms with Crippen LogP contribution in [-0.2, 0) is 14.6 Å². The van der Waals surface area contributed by atoms with Crippen LogP contribution in [0.2, 0.25) is 5.02 Å². The molecule has 0 saturated carbocycles. The van der Waals surface area contributed by atoms with Gasteiger partial charge in [-0.25, -0.2) is 8.42 Å². The van der Waals surface area contributed by atoms with Gasteiger partial charge in [0.15, 0.2) is 9.84 Å². The maximum Gasteiger partial charge on any atom is 0.159 e. The van der Waals surface area contributed by atoms with Crippen molar-refractivity contribution in [3.63, 3.8) is 0 Å². The van der Waals surface area contributed by atoms with E-state index in [4.69, 9.17) is 16.3 Å². The monoisotopic (exact) mass is 290 g/mol. The maximum atomic E-state index is 12.1. The Bertz CT molecular complexity index is 466. The highest BCUT2D eigenvalue weighted by Gasteiger charge is 2.22. The van der Waals surface area contributed by atoms with E-state index in [0.717, 1.165) is 5.56 Å². The third kappa shape index (κ3) is 4.59. The first kappa shape index (κ1) is 15.5. The van der Waals surface area contributed by atoms with Gasteiger partial charge in [0, 0.05) is 5.02 Å². The molecule has 1 unspecified atom stereocenters. The number of halogens is 1. The second kappa shape index (κ2) is 6.55. The molecule has 1 aromatic carbocycles. The fourth-order valence-electron chi connectivity index (χ4n) is 1.52. The van der Waals surface area contributed by atoms with E-state index in [-0.39, 0.29) is 18.5 Å². The molecular formula is C13H19ClO3S. The number of ether oxygens (including phenoxy) is 1. The van der Waals surface area contributed by atoms with Gasteiger partial charge < -0.3 is 4.74 Å². The van der Waals surface area contributed by atoms with Gasteiger partial charge in [-0.3, -0.25) is 0 Å². The van der Waals surface area contributed by atoms with Crippen molar-refractivity contribution >= 4 is 21.4 Å². The Morgan fingerprint density at radius 1 is 1.17 bits per heavy atom. The molecular weight excluding hydrogens is 272 g/mol. The summed E-state index contributed by atoms with van der Waals surface area (Å²) in [5.74, 6) is 0.0367. The summed E-state index contributed by atoms with van der Waals surface area (Å²) < 4.78 is 29.5. The fourth-order valence-corrected chi connectivity index (χ4v) is 2.90. The van der Waals surface area contributed by atoms with Crippen LogP contribution in [0.4, 0.5) is 0 Å². The smallest absolute Gasteiger partial charge is 0.159 e. The Morgan fingerprint density at radius 2 is 1.72 bits per heavy atom. The first-order valence-electron chi connectivity index (χ1n) is 5.91. The van der Waals surface area contributed by atoms with Crippen LogP contribution in [0.25, 0.3) is 0 Å². The minimum atomic E-state index is -3.19. The molecule has 0 amide bonds. The van der Waals surface area contributed by atoms with Crippen molar-refractivity contribution < 1.29 is 13.2 Å². The molecule has 1 atom stereocenters. The summed E-state index contributed by atoms with van der Waals surface area (Å²) in [5, 5.41) is 0.0667. The molecule has 0 fully saturated rings. The van der Waals surface area contributed by atoms with Crippen LogP contribution in [0.3, 0.4) is 0 Å². The van der Waals surface area contributed by atoms with Crippen LogP contribution in [0.15, 0.2) is 24.3 Å². The molecule has 1 aromatic rings. The zero-order chi connectivity index (χ0) is 13.8. The van der Waals surface area contributed by atoms with Gasteiger partial charge in [0.2, 0.25) is 0 Å². The van der Waals surface area contributed by atoms with Gasteiger partial charge >= 0.3 is 0 Å². The highest BCUT2D eigenvalue weighted by atomic mass is 35.5. The second-order valence-corrected chi connectivity index (χ2v) is 7.36. The van der Waals surface area contributed by atoms with E-state index in [9.17, 15) is 8.42 Å². The molecule has 102 valence electrons. The highest BCUT2D eigenvalue weighted by Crippen LogP contribution is 2.23. The van der Waals surface area contributed by atoms with Crippen LogP contribution in [0, 0.1) is 0 Å². The van der Waals surface area contributed by atoms with Crippen LogP contribution in [0.1, 0.15) is 31.6 Å². The summed E-state index contributed by atoms with van der Waals surface area (Å²) >= 11 is 5.78. The summed E-state index contributed by atoms with van der Waals surface area (Å²) in [6, 6.07) is 6.89. The Hall–Kier alpha value is -0.580. The number of hydrogen-bond donors (Lipinski definition) is 0. The molecule has 0 saturated heterocycles. The summed E-state index contributed by atoms with van der Waals surface area (Å²) in [6.45, 7) is 5.69. The van der Waals surface area contributed by atoms with Crippen LogP contribution < -0.4 is 0 Å². The molecule has 0 bridgehead atoms. The van der Waals surface area contributed by atoms with Gasteiger partial charge in [-0.15, -0.1) is 0 Å². The lowest BCUT2D eigenvalue weighted by Gasteiger charge is -2.14. The zero-order valence-electron chi connectivity index (χ0n) is 10.9. The zero-order valence-corrected chi connectivity index (χ0v) is 12.5. The van der Waals surface area contributed by atoms with E-state index in [1.165, 1.54) is 0 Å². The van der Waals surface area contributed by atoms with E-state index < -0.39 is 15.1 Å². The van der Waals surface area contributed by atoms with Crippen molar-refractivity contribution in [2.24, 2.45) is 0 Å². The molecule has 1 rings (SSSR count). The van der Waals surface area contributed by atoms with Crippen molar-refractivity contribution in [1.82, 2.24) is 0 Å². The van der Waals surface area contributed by atoms with Gasteiger partial charge in [-0.2, -0.15) is 0 Å². The van der Waals surface area contributed by atoms with Gasteiger partial charge in [-0.1, -0.05) is 23.7 Å². The van der Waals surface area contributed by atoms with Crippen molar-refractivity contribution in [3.05, 3.63) is 34.9 Å². The number of sulfone groups is 1. The van der Waals surface area contributed by atoms with Gasteiger partial charge in [0.1, 0.15) is 0 Å².